The van der Waals surface area contributed by atoms with Gasteiger partial charge in [0.05, 0.1) is 29.0 Å². The maximum atomic E-state index is 15.1. The number of aryl methyl sites for hydroxylation is 1. The number of fused-ring (bicyclic) bond motifs is 5. The summed E-state index contributed by atoms with van der Waals surface area (Å²) in [7, 11) is 0. The highest BCUT2D eigenvalue weighted by Gasteiger charge is 2.49. The van der Waals surface area contributed by atoms with Gasteiger partial charge >= 0.3 is 5.97 Å². The van der Waals surface area contributed by atoms with Crippen molar-refractivity contribution in [3.63, 3.8) is 0 Å². The Labute approximate surface area is 224 Å². The average Bonchev–Trinajstić information content (AvgIpc) is 3.25. The van der Waals surface area contributed by atoms with Gasteiger partial charge in [-0.05, 0) is 67.2 Å². The molecule has 0 bridgehead atoms. The third-order valence-electron chi connectivity index (χ3n) is 10.2. The first-order valence-corrected chi connectivity index (χ1v) is 14.0. The number of aromatic nitrogens is 2. The number of ether oxygens (including phenoxy) is 1. The lowest BCUT2D eigenvalue weighted by Gasteiger charge is -2.55. The molecule has 1 aromatic carbocycles. The summed E-state index contributed by atoms with van der Waals surface area (Å²) in [5.74, 6) is -1.02. The van der Waals surface area contributed by atoms with Gasteiger partial charge in [0.15, 0.2) is 5.60 Å². The predicted octanol–water partition coefficient (Wildman–Crippen LogP) is 2.86. The first kappa shape index (κ1) is 23.7. The molecule has 3 aromatic rings. The van der Waals surface area contributed by atoms with E-state index in [0.717, 1.165) is 60.8 Å². The van der Waals surface area contributed by atoms with Crippen LogP contribution in [0.1, 0.15) is 72.0 Å². The van der Waals surface area contributed by atoms with Crippen LogP contribution in [0.2, 0.25) is 0 Å². The maximum absolute atomic E-state index is 15.1. The second kappa shape index (κ2) is 7.74. The fourth-order valence-electron chi connectivity index (χ4n) is 7.88. The molecule has 2 atom stereocenters. The molecule has 39 heavy (non-hydrogen) atoms. The molecule has 8 rings (SSSR count). The number of halogens is 1. The van der Waals surface area contributed by atoms with E-state index in [2.05, 4.69) is 10.6 Å². The number of hydrogen-bond donors (Lipinski definition) is 3. The third-order valence-corrected chi connectivity index (χ3v) is 10.2. The molecule has 8 nitrogen and oxygen atoms in total. The Bertz CT molecular complexity index is 1690. The Morgan fingerprint density at radius 3 is 2.74 bits per heavy atom. The van der Waals surface area contributed by atoms with Gasteiger partial charge in [-0.15, -0.1) is 0 Å². The summed E-state index contributed by atoms with van der Waals surface area (Å²) in [5, 5.41) is 19.6. The number of nitrogens with one attached hydrogen (secondary N) is 2. The van der Waals surface area contributed by atoms with Crippen molar-refractivity contribution in [2.75, 3.05) is 13.1 Å². The lowest BCUT2D eigenvalue weighted by atomic mass is 9.61. The van der Waals surface area contributed by atoms with Crippen molar-refractivity contribution in [2.45, 2.75) is 76.8 Å². The van der Waals surface area contributed by atoms with Crippen LogP contribution in [-0.4, -0.2) is 39.8 Å². The number of carbonyl (C=O) groups is 1. The number of esters is 1. The molecule has 5 heterocycles. The van der Waals surface area contributed by atoms with Crippen molar-refractivity contribution in [2.24, 2.45) is 5.41 Å². The summed E-state index contributed by atoms with van der Waals surface area (Å²) in [6.45, 7) is 5.89. The highest BCUT2D eigenvalue weighted by molar-refractivity contribution is 5.93. The molecule has 1 spiro atoms. The summed E-state index contributed by atoms with van der Waals surface area (Å²) in [5.41, 5.74) is 4.41. The quantitative estimate of drug-likeness (QED) is 0.350. The summed E-state index contributed by atoms with van der Waals surface area (Å²) >= 11 is 0. The van der Waals surface area contributed by atoms with Gasteiger partial charge in [-0.1, -0.05) is 6.92 Å². The second-order valence-electron chi connectivity index (χ2n) is 12.3. The Morgan fingerprint density at radius 2 is 2.03 bits per heavy atom. The standard InChI is InChI=1S/C30H31FN4O4/c1-3-30(38)19-6-23-26-17(10-35(23)27(36)18(19)11-39-28(30)37)25-21(33-15-8-29(9-15)12-32-13-29)5-4-16-14(2)20(31)7-22(34-26)24(16)25/h6-7,15,21,32-33,38H,3-5,8-13H2,1-2H3/t21-,30-/m0/s1. The molecular weight excluding hydrogens is 499 g/mol. The van der Waals surface area contributed by atoms with Crippen molar-refractivity contribution in [3.05, 3.63) is 61.7 Å². The van der Waals surface area contributed by atoms with E-state index in [1.807, 2.05) is 6.92 Å². The number of nitrogens with zero attached hydrogens (tertiary/aromatic N) is 2. The minimum atomic E-state index is -1.88. The van der Waals surface area contributed by atoms with Crippen LogP contribution in [0.3, 0.4) is 0 Å². The van der Waals surface area contributed by atoms with Crippen molar-refractivity contribution in [1.82, 2.24) is 20.2 Å². The molecule has 202 valence electrons. The molecule has 0 amide bonds. The monoisotopic (exact) mass is 530 g/mol. The van der Waals surface area contributed by atoms with Crippen LogP contribution < -0.4 is 16.2 Å². The molecule has 0 unspecified atom stereocenters. The minimum Gasteiger partial charge on any atom is -0.458 e. The van der Waals surface area contributed by atoms with E-state index >= 15 is 4.39 Å². The van der Waals surface area contributed by atoms with Gasteiger partial charge in [-0.2, -0.15) is 0 Å². The summed E-state index contributed by atoms with van der Waals surface area (Å²) in [4.78, 5) is 31.2. The number of pyridine rings is 2. The topological polar surface area (TPSA) is 105 Å². The number of rotatable bonds is 3. The fraction of sp³-hybridized carbons (Fsp3) is 0.500. The van der Waals surface area contributed by atoms with Gasteiger partial charge in [0, 0.05) is 47.8 Å². The highest BCUT2D eigenvalue weighted by atomic mass is 19.1. The zero-order chi connectivity index (χ0) is 26.8. The fourth-order valence-corrected chi connectivity index (χ4v) is 7.88. The van der Waals surface area contributed by atoms with Crippen molar-refractivity contribution in [1.29, 1.82) is 0 Å². The molecule has 1 saturated carbocycles. The molecule has 0 radical (unpaired) electrons. The molecule has 2 aliphatic carbocycles. The second-order valence-corrected chi connectivity index (χ2v) is 12.3. The van der Waals surface area contributed by atoms with Crippen LogP contribution in [0.15, 0.2) is 16.9 Å². The first-order chi connectivity index (χ1) is 18.7. The van der Waals surface area contributed by atoms with E-state index in [1.54, 1.807) is 17.6 Å². The van der Waals surface area contributed by atoms with Gasteiger partial charge in [0.1, 0.15) is 12.4 Å². The molecular formula is C30H31FN4O4. The zero-order valence-corrected chi connectivity index (χ0v) is 22.1. The van der Waals surface area contributed by atoms with Crippen LogP contribution in [0.25, 0.3) is 22.3 Å². The molecule has 1 saturated heterocycles. The van der Waals surface area contributed by atoms with Crippen LogP contribution in [-0.2, 0) is 34.7 Å². The number of carbonyl (C=O) groups excluding carboxylic acids is 1. The molecule has 9 heteroatoms. The van der Waals surface area contributed by atoms with E-state index in [-0.39, 0.29) is 30.4 Å². The number of aliphatic hydroxyl groups is 1. The van der Waals surface area contributed by atoms with Gasteiger partial charge in [0.2, 0.25) is 0 Å². The number of benzene rings is 1. The Morgan fingerprint density at radius 1 is 1.23 bits per heavy atom. The Balaban J connectivity index is 1.32. The largest absolute Gasteiger partial charge is 0.458 e. The van der Waals surface area contributed by atoms with E-state index in [0.29, 0.717) is 51.6 Å². The lowest BCUT2D eigenvalue weighted by molar-refractivity contribution is -0.172. The van der Waals surface area contributed by atoms with Gasteiger partial charge < -0.3 is 25.0 Å². The molecule has 3 aliphatic heterocycles. The highest BCUT2D eigenvalue weighted by Crippen LogP contribution is 2.49. The lowest BCUT2D eigenvalue weighted by Crippen LogP contribution is -2.64. The van der Waals surface area contributed by atoms with E-state index in [9.17, 15) is 14.7 Å². The van der Waals surface area contributed by atoms with E-state index in [1.165, 1.54) is 6.07 Å². The van der Waals surface area contributed by atoms with Crippen molar-refractivity contribution >= 4 is 16.9 Å². The Kier molecular flexibility index (Phi) is 4.71. The van der Waals surface area contributed by atoms with Gasteiger partial charge in [-0.3, -0.25) is 4.79 Å². The van der Waals surface area contributed by atoms with Crippen molar-refractivity contribution < 1.29 is 19.0 Å². The van der Waals surface area contributed by atoms with Crippen LogP contribution in [0.5, 0.6) is 0 Å². The van der Waals surface area contributed by atoms with E-state index in [4.69, 9.17) is 9.72 Å². The summed E-state index contributed by atoms with van der Waals surface area (Å²) < 4.78 is 22.0. The van der Waals surface area contributed by atoms with Crippen LogP contribution in [0.4, 0.5) is 4.39 Å². The average molecular weight is 531 g/mol. The maximum Gasteiger partial charge on any atom is 0.343 e. The predicted molar refractivity (Wildman–Crippen MR) is 142 cm³/mol. The molecule has 2 fully saturated rings. The normalized spacial score (nSPS) is 26.1. The van der Waals surface area contributed by atoms with Gasteiger partial charge in [-0.25, -0.2) is 14.2 Å². The number of cyclic esters (lactones) is 1. The van der Waals surface area contributed by atoms with Crippen LogP contribution in [0, 0.1) is 18.2 Å². The minimum absolute atomic E-state index is 0.0779. The van der Waals surface area contributed by atoms with E-state index < -0.39 is 11.6 Å². The molecule has 3 N–H and O–H groups in total. The van der Waals surface area contributed by atoms with Crippen molar-refractivity contribution in [3.8, 4) is 11.4 Å². The molecule has 2 aromatic heterocycles. The number of hydrogen-bond acceptors (Lipinski definition) is 7. The smallest absolute Gasteiger partial charge is 0.343 e. The van der Waals surface area contributed by atoms with Gasteiger partial charge in [0.25, 0.3) is 5.56 Å². The van der Waals surface area contributed by atoms with Crippen LogP contribution >= 0.6 is 0 Å². The first-order valence-electron chi connectivity index (χ1n) is 14.0. The molecule has 5 aliphatic rings. The summed E-state index contributed by atoms with van der Waals surface area (Å²) in [6, 6.07) is 3.75. The summed E-state index contributed by atoms with van der Waals surface area (Å²) in [6.07, 6.45) is 4.01. The third kappa shape index (κ3) is 3.01. The SMILES string of the molecule is CC[C@@]1(O)C(=O)OCc2c1cc1n(c2=O)Cc2c-1nc1cc(F)c(C)c3c1c2[C@@H](NC1CC2(CNC2)C1)CC3. The zero-order valence-electron chi connectivity index (χ0n) is 22.1. The Hall–Kier alpha value is -3.14.